The summed E-state index contributed by atoms with van der Waals surface area (Å²) in [6, 6.07) is 10.2. The van der Waals surface area contributed by atoms with Crippen LogP contribution in [0.5, 0.6) is 0 Å². The van der Waals surface area contributed by atoms with Crippen molar-refractivity contribution in [1.82, 2.24) is 4.90 Å². The van der Waals surface area contributed by atoms with E-state index in [9.17, 15) is 4.79 Å². The SMILES string of the molecule is CN(C)C12CCC(C)(C(=O)C1=Cc1ccccc1)C2(C)C. The van der Waals surface area contributed by atoms with Crippen LogP contribution >= 0.6 is 0 Å². The highest BCUT2D eigenvalue weighted by molar-refractivity contribution is 6.10. The van der Waals surface area contributed by atoms with Crippen molar-refractivity contribution in [2.45, 2.75) is 39.2 Å². The summed E-state index contributed by atoms with van der Waals surface area (Å²) in [7, 11) is 4.23. The normalized spacial score (nSPS) is 35.9. The smallest absolute Gasteiger partial charge is 0.167 e. The molecule has 2 bridgehead atoms. The molecule has 112 valence electrons. The fourth-order valence-corrected chi connectivity index (χ4v) is 4.79. The molecule has 0 aromatic heterocycles. The summed E-state index contributed by atoms with van der Waals surface area (Å²) >= 11 is 0. The van der Waals surface area contributed by atoms with Crippen molar-refractivity contribution in [2.24, 2.45) is 10.8 Å². The average Bonchev–Trinajstić information content (AvgIpc) is 2.72. The van der Waals surface area contributed by atoms with E-state index in [-0.39, 0.29) is 16.4 Å². The molecule has 2 unspecified atom stereocenters. The van der Waals surface area contributed by atoms with E-state index in [1.165, 1.54) is 0 Å². The van der Waals surface area contributed by atoms with Gasteiger partial charge < -0.3 is 0 Å². The molecule has 2 atom stereocenters. The molecule has 2 saturated carbocycles. The fraction of sp³-hybridized carbons (Fsp3) is 0.526. The Morgan fingerprint density at radius 1 is 1.05 bits per heavy atom. The average molecular weight is 283 g/mol. The minimum absolute atomic E-state index is 0.0405. The molecule has 2 aliphatic rings. The summed E-state index contributed by atoms with van der Waals surface area (Å²) in [5, 5.41) is 0. The Kier molecular flexibility index (Phi) is 2.97. The zero-order valence-corrected chi connectivity index (χ0v) is 13.7. The van der Waals surface area contributed by atoms with E-state index < -0.39 is 0 Å². The molecule has 0 aliphatic heterocycles. The van der Waals surface area contributed by atoms with E-state index in [0.717, 1.165) is 24.0 Å². The van der Waals surface area contributed by atoms with E-state index in [0.29, 0.717) is 5.78 Å². The van der Waals surface area contributed by atoms with Crippen molar-refractivity contribution in [3.05, 3.63) is 41.5 Å². The third-order valence-electron chi connectivity index (χ3n) is 6.47. The molecular formula is C19H25NO. The first-order valence-corrected chi connectivity index (χ1v) is 7.77. The number of Topliss-reactive ketones (excluding diaryl/α,β-unsaturated/α-hetero) is 1. The molecule has 0 spiro atoms. The molecule has 2 heteroatoms. The van der Waals surface area contributed by atoms with Crippen LogP contribution in [0.4, 0.5) is 0 Å². The number of nitrogens with zero attached hydrogens (tertiary/aromatic N) is 1. The van der Waals surface area contributed by atoms with Crippen molar-refractivity contribution in [3.8, 4) is 0 Å². The number of fused-ring (bicyclic) bond motifs is 2. The Morgan fingerprint density at radius 3 is 2.24 bits per heavy atom. The first-order chi connectivity index (χ1) is 9.77. The predicted molar refractivity (Wildman–Crippen MR) is 87.0 cm³/mol. The zero-order chi connectivity index (χ0) is 15.5. The second-order valence-electron chi connectivity index (χ2n) is 7.51. The van der Waals surface area contributed by atoms with Gasteiger partial charge in [-0.1, -0.05) is 51.1 Å². The number of hydrogen-bond donors (Lipinski definition) is 0. The molecule has 3 rings (SSSR count). The highest BCUT2D eigenvalue weighted by atomic mass is 16.1. The van der Waals surface area contributed by atoms with Gasteiger partial charge in [0.15, 0.2) is 5.78 Å². The lowest BCUT2D eigenvalue weighted by Crippen LogP contribution is -2.51. The van der Waals surface area contributed by atoms with Crippen LogP contribution in [-0.2, 0) is 4.79 Å². The maximum Gasteiger partial charge on any atom is 0.167 e. The van der Waals surface area contributed by atoms with Gasteiger partial charge in [-0.3, -0.25) is 9.69 Å². The molecule has 2 nitrogen and oxygen atoms in total. The minimum Gasteiger partial charge on any atom is -0.299 e. The summed E-state index contributed by atoms with van der Waals surface area (Å²) in [6.07, 6.45) is 4.17. The predicted octanol–water partition coefficient (Wildman–Crippen LogP) is 3.78. The van der Waals surface area contributed by atoms with Gasteiger partial charge in [0.1, 0.15) is 0 Å². The van der Waals surface area contributed by atoms with Gasteiger partial charge in [-0.05, 0) is 44.0 Å². The van der Waals surface area contributed by atoms with E-state index in [2.05, 4.69) is 58.0 Å². The van der Waals surface area contributed by atoms with Gasteiger partial charge in [0.05, 0.1) is 5.54 Å². The molecule has 1 aromatic rings. The van der Waals surface area contributed by atoms with Gasteiger partial charge in [0.25, 0.3) is 0 Å². The van der Waals surface area contributed by atoms with Crippen LogP contribution in [0.1, 0.15) is 39.2 Å². The topological polar surface area (TPSA) is 20.3 Å². The number of benzene rings is 1. The lowest BCUT2D eigenvalue weighted by molar-refractivity contribution is -0.125. The Bertz CT molecular complexity index is 614. The Labute approximate surface area is 127 Å². The largest absolute Gasteiger partial charge is 0.299 e. The number of ketones is 1. The third kappa shape index (κ3) is 1.54. The maximum absolute atomic E-state index is 13.1. The van der Waals surface area contributed by atoms with Crippen molar-refractivity contribution in [2.75, 3.05) is 14.1 Å². The third-order valence-corrected chi connectivity index (χ3v) is 6.47. The summed E-state index contributed by atoms with van der Waals surface area (Å²) in [6.45, 7) is 6.69. The molecule has 21 heavy (non-hydrogen) atoms. The monoisotopic (exact) mass is 283 g/mol. The molecule has 0 N–H and O–H groups in total. The van der Waals surface area contributed by atoms with Gasteiger partial charge in [-0.15, -0.1) is 0 Å². The summed E-state index contributed by atoms with van der Waals surface area (Å²) < 4.78 is 0. The first kappa shape index (κ1) is 14.5. The molecule has 0 amide bonds. The van der Waals surface area contributed by atoms with E-state index in [1.54, 1.807) is 0 Å². The molecule has 0 heterocycles. The molecule has 1 aromatic carbocycles. The number of hydrogen-bond acceptors (Lipinski definition) is 2. The van der Waals surface area contributed by atoms with Crippen LogP contribution in [0.15, 0.2) is 35.9 Å². The van der Waals surface area contributed by atoms with E-state index in [1.807, 2.05) is 18.2 Å². The summed E-state index contributed by atoms with van der Waals surface area (Å²) in [4.78, 5) is 15.4. The maximum atomic E-state index is 13.1. The Balaban J connectivity index is 2.22. The molecule has 0 saturated heterocycles. The highest BCUT2D eigenvalue weighted by Gasteiger charge is 2.73. The van der Waals surface area contributed by atoms with Crippen LogP contribution < -0.4 is 0 Å². The highest BCUT2D eigenvalue weighted by Crippen LogP contribution is 2.69. The van der Waals surface area contributed by atoms with Crippen LogP contribution in [0, 0.1) is 10.8 Å². The quantitative estimate of drug-likeness (QED) is 0.770. The van der Waals surface area contributed by atoms with E-state index in [4.69, 9.17) is 0 Å². The number of rotatable bonds is 2. The zero-order valence-electron chi connectivity index (χ0n) is 13.7. The second-order valence-corrected chi connectivity index (χ2v) is 7.51. The van der Waals surface area contributed by atoms with Crippen molar-refractivity contribution < 1.29 is 4.79 Å². The first-order valence-electron chi connectivity index (χ1n) is 7.77. The Morgan fingerprint density at radius 2 is 1.67 bits per heavy atom. The molecule has 2 aliphatic carbocycles. The Hall–Kier alpha value is -1.41. The van der Waals surface area contributed by atoms with Crippen LogP contribution in [-0.4, -0.2) is 30.3 Å². The number of likely N-dealkylation sites (N-methyl/N-ethyl adjacent to an activating group) is 1. The number of carbonyl (C=O) groups is 1. The summed E-state index contributed by atoms with van der Waals surface area (Å²) in [5.41, 5.74) is 1.69. The summed E-state index contributed by atoms with van der Waals surface area (Å²) in [5.74, 6) is 0.344. The fourth-order valence-electron chi connectivity index (χ4n) is 4.79. The molecular weight excluding hydrogens is 258 g/mol. The molecule has 0 radical (unpaired) electrons. The van der Waals surface area contributed by atoms with E-state index >= 15 is 0 Å². The molecule has 2 fully saturated rings. The van der Waals surface area contributed by atoms with Gasteiger partial charge in [-0.2, -0.15) is 0 Å². The van der Waals surface area contributed by atoms with Crippen molar-refractivity contribution in [3.63, 3.8) is 0 Å². The lowest BCUT2D eigenvalue weighted by Gasteiger charge is -2.45. The van der Waals surface area contributed by atoms with Crippen LogP contribution in [0.2, 0.25) is 0 Å². The van der Waals surface area contributed by atoms with Gasteiger partial charge >= 0.3 is 0 Å². The standard InChI is InChI=1S/C19H25NO/c1-17(2)18(3)11-12-19(17,20(4)5)15(16(18)21)13-14-9-7-6-8-10-14/h6-10,13H,11-12H2,1-5H3. The van der Waals surface area contributed by atoms with Crippen molar-refractivity contribution in [1.29, 1.82) is 0 Å². The van der Waals surface area contributed by atoms with Gasteiger partial charge in [-0.25, -0.2) is 0 Å². The van der Waals surface area contributed by atoms with Crippen LogP contribution in [0.25, 0.3) is 6.08 Å². The number of carbonyl (C=O) groups excluding carboxylic acids is 1. The minimum atomic E-state index is -0.238. The lowest BCUT2D eigenvalue weighted by atomic mass is 9.68. The van der Waals surface area contributed by atoms with Gasteiger partial charge in [0, 0.05) is 11.0 Å². The van der Waals surface area contributed by atoms with Crippen molar-refractivity contribution >= 4 is 11.9 Å². The van der Waals surface area contributed by atoms with Gasteiger partial charge in [0.2, 0.25) is 0 Å². The van der Waals surface area contributed by atoms with Crippen LogP contribution in [0.3, 0.4) is 0 Å². The second kappa shape index (κ2) is 4.30.